The fourth-order valence-corrected chi connectivity index (χ4v) is 3.21. The summed E-state index contributed by atoms with van der Waals surface area (Å²) in [5, 5.41) is 20.8. The highest BCUT2D eigenvalue weighted by Gasteiger charge is 2.18. The van der Waals surface area contributed by atoms with Gasteiger partial charge >= 0.3 is 0 Å². The van der Waals surface area contributed by atoms with E-state index in [9.17, 15) is 15.0 Å². The molecular formula is C25H18O3. The molecule has 0 bridgehead atoms. The molecule has 28 heavy (non-hydrogen) atoms. The van der Waals surface area contributed by atoms with Gasteiger partial charge in [0.05, 0.1) is 11.1 Å². The molecule has 3 nitrogen and oxygen atoms in total. The fraction of sp³-hybridized carbons (Fsp3) is 0. The zero-order chi connectivity index (χ0) is 19.5. The topological polar surface area (TPSA) is 57.5 Å². The Morgan fingerprint density at radius 3 is 1.25 bits per heavy atom. The number of benzene rings is 4. The summed E-state index contributed by atoms with van der Waals surface area (Å²) in [5.74, 6) is -0.648. The molecule has 0 saturated heterocycles. The van der Waals surface area contributed by atoms with Crippen LogP contribution in [0.3, 0.4) is 0 Å². The monoisotopic (exact) mass is 366 g/mol. The van der Waals surface area contributed by atoms with Gasteiger partial charge in [-0.15, -0.1) is 0 Å². The van der Waals surface area contributed by atoms with Crippen LogP contribution in [0.2, 0.25) is 0 Å². The lowest BCUT2D eigenvalue weighted by molar-refractivity contribution is 0.103. The first kappa shape index (κ1) is 17.6. The van der Waals surface area contributed by atoms with Gasteiger partial charge < -0.3 is 10.2 Å². The maximum Gasteiger partial charge on any atom is 0.200 e. The Kier molecular flexibility index (Phi) is 4.65. The molecule has 0 saturated carbocycles. The maximum atomic E-state index is 12.9. The summed E-state index contributed by atoms with van der Waals surface area (Å²) in [6, 6.07) is 29.1. The van der Waals surface area contributed by atoms with Gasteiger partial charge in [0.2, 0.25) is 0 Å². The number of carbonyl (C=O) groups excluding carboxylic acids is 1. The fourth-order valence-electron chi connectivity index (χ4n) is 3.21. The van der Waals surface area contributed by atoms with Gasteiger partial charge in [0.1, 0.15) is 11.5 Å². The van der Waals surface area contributed by atoms with Crippen molar-refractivity contribution in [3.8, 4) is 33.8 Å². The predicted molar refractivity (Wildman–Crippen MR) is 111 cm³/mol. The van der Waals surface area contributed by atoms with Crippen molar-refractivity contribution < 1.29 is 15.0 Å². The Morgan fingerprint density at radius 1 is 0.500 bits per heavy atom. The average Bonchev–Trinajstić information content (AvgIpc) is 2.74. The van der Waals surface area contributed by atoms with Crippen LogP contribution in [0.1, 0.15) is 15.9 Å². The second-order valence-electron chi connectivity index (χ2n) is 6.53. The van der Waals surface area contributed by atoms with Crippen molar-refractivity contribution in [3.05, 3.63) is 108 Å². The Hall–Kier alpha value is -3.85. The summed E-state index contributed by atoms with van der Waals surface area (Å²) in [5.41, 5.74) is 3.85. The Bertz CT molecular complexity index is 1040. The highest BCUT2D eigenvalue weighted by molar-refractivity contribution is 6.12. The molecular weight excluding hydrogens is 348 g/mol. The summed E-state index contributed by atoms with van der Waals surface area (Å²) in [7, 11) is 0. The van der Waals surface area contributed by atoms with Gasteiger partial charge in [0, 0.05) is 0 Å². The molecule has 0 atom stereocenters. The lowest BCUT2D eigenvalue weighted by atomic mass is 9.96. The van der Waals surface area contributed by atoms with Gasteiger partial charge in [-0.2, -0.15) is 0 Å². The largest absolute Gasteiger partial charge is 0.507 e. The van der Waals surface area contributed by atoms with Crippen LogP contribution in [-0.2, 0) is 0 Å². The molecule has 0 aliphatic rings. The summed E-state index contributed by atoms with van der Waals surface area (Å²) in [6.45, 7) is 0. The lowest BCUT2D eigenvalue weighted by Crippen LogP contribution is -2.02. The number of hydrogen-bond acceptors (Lipinski definition) is 3. The van der Waals surface area contributed by atoms with Crippen molar-refractivity contribution in [1.82, 2.24) is 0 Å². The second kappa shape index (κ2) is 7.41. The highest BCUT2D eigenvalue weighted by atomic mass is 16.3. The molecule has 0 amide bonds. The minimum atomic E-state index is -0.422. The van der Waals surface area contributed by atoms with E-state index < -0.39 is 5.78 Å². The molecule has 0 aliphatic carbocycles. The van der Waals surface area contributed by atoms with Crippen molar-refractivity contribution >= 4 is 5.78 Å². The smallest absolute Gasteiger partial charge is 0.200 e. The summed E-state index contributed by atoms with van der Waals surface area (Å²) < 4.78 is 0. The molecule has 136 valence electrons. The van der Waals surface area contributed by atoms with Crippen LogP contribution in [0.15, 0.2) is 97.1 Å². The van der Waals surface area contributed by atoms with Crippen molar-refractivity contribution in [1.29, 1.82) is 0 Å². The first-order valence-corrected chi connectivity index (χ1v) is 8.95. The standard InChI is InChI=1S/C25H18O3/c26-23-15-19(17-7-3-1-4-8-17)11-13-21(23)25(28)22-14-12-20(16-24(22)27)18-9-5-2-6-10-18/h1-16,26-27H. The number of rotatable bonds is 4. The van der Waals surface area contributed by atoms with E-state index in [1.54, 1.807) is 36.4 Å². The third kappa shape index (κ3) is 3.38. The quantitative estimate of drug-likeness (QED) is 0.458. The highest BCUT2D eigenvalue weighted by Crippen LogP contribution is 2.32. The van der Waals surface area contributed by atoms with Crippen LogP contribution in [0.25, 0.3) is 22.3 Å². The molecule has 0 aliphatic heterocycles. The number of hydrogen-bond donors (Lipinski definition) is 2. The van der Waals surface area contributed by atoms with Gasteiger partial charge in [-0.25, -0.2) is 0 Å². The van der Waals surface area contributed by atoms with Crippen molar-refractivity contribution in [2.24, 2.45) is 0 Å². The molecule has 4 rings (SSSR count). The van der Waals surface area contributed by atoms with Crippen molar-refractivity contribution in [2.45, 2.75) is 0 Å². The third-order valence-electron chi connectivity index (χ3n) is 4.70. The van der Waals surface area contributed by atoms with Gasteiger partial charge in [-0.05, 0) is 46.5 Å². The van der Waals surface area contributed by atoms with E-state index in [0.29, 0.717) is 0 Å². The van der Waals surface area contributed by atoms with Crippen molar-refractivity contribution in [3.63, 3.8) is 0 Å². The number of phenolic OH excluding ortho intramolecular Hbond substituents is 2. The molecule has 0 spiro atoms. The molecule has 0 fully saturated rings. The predicted octanol–water partition coefficient (Wildman–Crippen LogP) is 5.66. The molecule has 4 aromatic rings. The SMILES string of the molecule is O=C(c1ccc(-c2ccccc2)cc1O)c1ccc(-c2ccccc2)cc1O. The van der Waals surface area contributed by atoms with Crippen molar-refractivity contribution in [2.75, 3.05) is 0 Å². The first-order chi connectivity index (χ1) is 13.6. The minimum absolute atomic E-state index is 0.113. The molecule has 0 unspecified atom stereocenters. The second-order valence-corrected chi connectivity index (χ2v) is 6.53. The van der Waals surface area contributed by atoms with Gasteiger partial charge in [-0.3, -0.25) is 4.79 Å². The van der Waals surface area contributed by atoms with Gasteiger partial charge in [0.15, 0.2) is 5.78 Å². The number of phenols is 2. The van der Waals surface area contributed by atoms with E-state index >= 15 is 0 Å². The molecule has 0 heterocycles. The van der Waals surface area contributed by atoms with Crippen LogP contribution in [0, 0.1) is 0 Å². The summed E-state index contributed by atoms with van der Waals surface area (Å²) >= 11 is 0. The van der Waals surface area contributed by atoms with Crippen LogP contribution in [0.5, 0.6) is 11.5 Å². The van der Waals surface area contributed by atoms with E-state index in [1.165, 1.54) is 0 Å². The van der Waals surface area contributed by atoms with E-state index in [-0.39, 0.29) is 22.6 Å². The van der Waals surface area contributed by atoms with E-state index in [4.69, 9.17) is 0 Å². The Labute approximate surface area is 163 Å². The first-order valence-electron chi connectivity index (χ1n) is 8.95. The van der Waals surface area contributed by atoms with E-state index in [0.717, 1.165) is 22.3 Å². The third-order valence-corrected chi connectivity index (χ3v) is 4.70. The van der Waals surface area contributed by atoms with Crippen LogP contribution in [-0.4, -0.2) is 16.0 Å². The summed E-state index contributed by atoms with van der Waals surface area (Å²) in [6.07, 6.45) is 0. The molecule has 0 radical (unpaired) electrons. The van der Waals surface area contributed by atoms with Crippen LogP contribution in [0.4, 0.5) is 0 Å². The number of aromatic hydroxyl groups is 2. The van der Waals surface area contributed by atoms with Gasteiger partial charge in [0.25, 0.3) is 0 Å². The lowest BCUT2D eigenvalue weighted by Gasteiger charge is -2.10. The average molecular weight is 366 g/mol. The van der Waals surface area contributed by atoms with Gasteiger partial charge in [-0.1, -0.05) is 72.8 Å². The molecule has 4 aromatic carbocycles. The maximum absolute atomic E-state index is 12.9. The molecule has 3 heteroatoms. The zero-order valence-electron chi connectivity index (χ0n) is 15.0. The number of ketones is 1. The number of carbonyl (C=O) groups is 1. The summed E-state index contributed by atoms with van der Waals surface area (Å²) in [4.78, 5) is 12.9. The molecule has 2 N–H and O–H groups in total. The zero-order valence-corrected chi connectivity index (χ0v) is 15.0. The Morgan fingerprint density at radius 2 is 0.893 bits per heavy atom. The minimum Gasteiger partial charge on any atom is -0.507 e. The Balaban J connectivity index is 1.66. The normalized spacial score (nSPS) is 10.6. The van der Waals surface area contributed by atoms with E-state index in [1.807, 2.05) is 60.7 Å². The van der Waals surface area contributed by atoms with Crippen LogP contribution < -0.4 is 0 Å². The van der Waals surface area contributed by atoms with E-state index in [2.05, 4.69) is 0 Å². The molecule has 0 aromatic heterocycles. The van der Waals surface area contributed by atoms with Crippen LogP contribution >= 0.6 is 0 Å².